The average molecular weight is 390 g/mol. The largest absolute Gasteiger partial charge is 0.573 e. The molecule has 28 heavy (non-hydrogen) atoms. The zero-order valence-electron chi connectivity index (χ0n) is 14.9. The molecule has 0 saturated carbocycles. The van der Waals surface area contributed by atoms with Gasteiger partial charge in [0.1, 0.15) is 5.75 Å². The topological polar surface area (TPSA) is 68.7 Å². The van der Waals surface area contributed by atoms with Crippen LogP contribution in [0, 0.1) is 0 Å². The van der Waals surface area contributed by atoms with E-state index in [0.717, 1.165) is 23.3 Å². The highest BCUT2D eigenvalue weighted by molar-refractivity contribution is 5.91. The van der Waals surface area contributed by atoms with Gasteiger partial charge in [0.2, 0.25) is 6.20 Å². The quantitative estimate of drug-likeness (QED) is 0.547. The van der Waals surface area contributed by atoms with Gasteiger partial charge >= 0.3 is 6.36 Å². The molecule has 3 heterocycles. The van der Waals surface area contributed by atoms with Gasteiger partial charge in [0, 0.05) is 24.5 Å². The van der Waals surface area contributed by atoms with Crippen LogP contribution in [0.2, 0.25) is 0 Å². The number of pyridine rings is 1. The molecule has 7 nitrogen and oxygen atoms in total. The number of imidazole rings is 1. The van der Waals surface area contributed by atoms with E-state index in [1.807, 2.05) is 13.2 Å². The molecule has 10 heteroatoms. The van der Waals surface area contributed by atoms with E-state index in [2.05, 4.69) is 14.8 Å². The van der Waals surface area contributed by atoms with Gasteiger partial charge in [0.05, 0.1) is 23.6 Å². The Bertz CT molecular complexity index is 1220. The Morgan fingerprint density at radius 3 is 2.54 bits per heavy atom. The van der Waals surface area contributed by atoms with Crippen LogP contribution in [-0.2, 0) is 14.1 Å². The molecule has 0 bridgehead atoms. The maximum Gasteiger partial charge on any atom is 0.573 e. The van der Waals surface area contributed by atoms with Gasteiger partial charge < -0.3 is 9.30 Å². The lowest BCUT2D eigenvalue weighted by Gasteiger charge is -2.12. The molecule has 1 aromatic carbocycles. The summed E-state index contributed by atoms with van der Waals surface area (Å²) in [6, 6.07) is 5.10. The SMILES string of the molecule is Cn1cnc2c(=O)n(-c3ccc(OC(F)(F)F)cc3)cc(-c3c[nH][n+](C)c3)c21. The van der Waals surface area contributed by atoms with Crippen molar-refractivity contribution in [2.45, 2.75) is 6.36 Å². The number of aromatic amines is 1. The highest BCUT2D eigenvalue weighted by atomic mass is 19.4. The van der Waals surface area contributed by atoms with Crippen LogP contribution < -0.4 is 15.0 Å². The molecule has 0 unspecified atom stereocenters. The number of alkyl halides is 3. The molecule has 0 aliphatic rings. The molecule has 0 atom stereocenters. The lowest BCUT2D eigenvalue weighted by Crippen LogP contribution is -2.27. The van der Waals surface area contributed by atoms with Crippen molar-refractivity contribution in [2.24, 2.45) is 14.1 Å². The first-order valence-corrected chi connectivity index (χ1v) is 8.20. The van der Waals surface area contributed by atoms with E-state index in [4.69, 9.17) is 0 Å². The van der Waals surface area contributed by atoms with Gasteiger partial charge in [0.25, 0.3) is 5.56 Å². The standard InChI is InChI=1S/C18H14F3N5O2/c1-24-10-22-15-16(24)14(11-7-23-25(2)8-11)9-26(17(15)27)12-3-5-13(6-4-12)28-18(19,20)21/h3-10H,1-2H3/p+1. The second-order valence-corrected chi connectivity index (χ2v) is 6.28. The summed E-state index contributed by atoms with van der Waals surface area (Å²) in [6.07, 6.45) is 2.07. The Balaban J connectivity index is 1.88. The zero-order chi connectivity index (χ0) is 20.1. The summed E-state index contributed by atoms with van der Waals surface area (Å²) in [5, 5.41) is 3.02. The summed E-state index contributed by atoms with van der Waals surface area (Å²) < 4.78 is 45.8. The maximum absolute atomic E-state index is 12.9. The summed E-state index contributed by atoms with van der Waals surface area (Å²) >= 11 is 0. The molecule has 0 aliphatic heterocycles. The fourth-order valence-electron chi connectivity index (χ4n) is 3.08. The second-order valence-electron chi connectivity index (χ2n) is 6.28. The fourth-order valence-corrected chi connectivity index (χ4v) is 3.08. The van der Waals surface area contributed by atoms with E-state index in [9.17, 15) is 18.0 Å². The third-order valence-corrected chi connectivity index (χ3v) is 4.29. The highest BCUT2D eigenvalue weighted by Gasteiger charge is 2.31. The number of ether oxygens (including phenoxy) is 1. The van der Waals surface area contributed by atoms with Crippen molar-refractivity contribution in [1.82, 2.24) is 19.2 Å². The molecule has 0 aliphatic carbocycles. The number of aryl methyl sites for hydroxylation is 2. The summed E-state index contributed by atoms with van der Waals surface area (Å²) in [6.45, 7) is 0. The van der Waals surface area contributed by atoms with Gasteiger partial charge in [-0.3, -0.25) is 9.36 Å². The first-order chi connectivity index (χ1) is 13.2. The Hall–Kier alpha value is -3.56. The minimum atomic E-state index is -4.78. The smallest absolute Gasteiger partial charge is 0.406 e. The number of nitrogens with zero attached hydrogens (tertiary/aromatic N) is 4. The van der Waals surface area contributed by atoms with Crippen molar-refractivity contribution in [1.29, 1.82) is 0 Å². The number of hydrogen-bond acceptors (Lipinski definition) is 3. The van der Waals surface area contributed by atoms with Crippen LogP contribution in [0.5, 0.6) is 5.75 Å². The average Bonchev–Trinajstić information content (AvgIpc) is 3.22. The number of nitrogens with one attached hydrogen (secondary N) is 1. The first kappa shape index (κ1) is 17.8. The number of fused-ring (bicyclic) bond motifs is 1. The Kier molecular flexibility index (Phi) is 3.98. The lowest BCUT2D eigenvalue weighted by molar-refractivity contribution is -0.726. The molecule has 1 N–H and O–H groups in total. The van der Waals surface area contributed by atoms with Crippen LogP contribution in [-0.4, -0.2) is 25.6 Å². The van der Waals surface area contributed by atoms with Crippen LogP contribution in [0.3, 0.4) is 0 Å². The summed E-state index contributed by atoms with van der Waals surface area (Å²) in [7, 11) is 3.62. The molecule has 3 aromatic heterocycles. The highest BCUT2D eigenvalue weighted by Crippen LogP contribution is 2.27. The third-order valence-electron chi connectivity index (χ3n) is 4.29. The third kappa shape index (κ3) is 3.13. The Morgan fingerprint density at radius 1 is 1.21 bits per heavy atom. The molecular formula is C18H15F3N5O2+. The predicted molar refractivity (Wildman–Crippen MR) is 94.0 cm³/mol. The molecule has 144 valence electrons. The minimum absolute atomic E-state index is 0.263. The molecule has 0 saturated heterocycles. The first-order valence-electron chi connectivity index (χ1n) is 8.20. The second kappa shape index (κ2) is 6.25. The van der Waals surface area contributed by atoms with Gasteiger partial charge in [-0.2, -0.15) is 5.10 Å². The summed E-state index contributed by atoms with van der Waals surface area (Å²) in [4.78, 5) is 17.1. The van der Waals surface area contributed by atoms with Crippen LogP contribution in [0.25, 0.3) is 27.8 Å². The van der Waals surface area contributed by atoms with Crippen molar-refractivity contribution >= 4 is 11.0 Å². The van der Waals surface area contributed by atoms with Crippen LogP contribution in [0.15, 0.2) is 54.0 Å². The molecule has 0 amide bonds. The molecule has 4 aromatic rings. The molecule has 0 fully saturated rings. The van der Waals surface area contributed by atoms with Gasteiger partial charge in [-0.05, 0) is 24.3 Å². The Morgan fingerprint density at radius 2 is 1.93 bits per heavy atom. The van der Waals surface area contributed by atoms with E-state index in [1.165, 1.54) is 16.7 Å². The summed E-state index contributed by atoms with van der Waals surface area (Å²) in [5.74, 6) is -0.360. The van der Waals surface area contributed by atoms with Gasteiger partial charge in [0.15, 0.2) is 12.6 Å². The van der Waals surface area contributed by atoms with Crippen LogP contribution in [0.4, 0.5) is 13.2 Å². The number of hydrogen-bond donors (Lipinski definition) is 1. The number of H-pyrrole nitrogens is 1. The number of aromatic nitrogens is 5. The fraction of sp³-hybridized carbons (Fsp3) is 0.167. The van der Waals surface area contributed by atoms with E-state index in [1.54, 1.807) is 35.0 Å². The van der Waals surface area contributed by atoms with Gasteiger partial charge in [-0.15, -0.1) is 17.9 Å². The number of rotatable bonds is 3. The minimum Gasteiger partial charge on any atom is -0.406 e. The van der Waals surface area contributed by atoms with Crippen molar-refractivity contribution in [3.05, 3.63) is 59.5 Å². The Labute approximate surface area is 156 Å². The van der Waals surface area contributed by atoms with Crippen molar-refractivity contribution in [3.8, 4) is 22.6 Å². The van der Waals surface area contributed by atoms with Crippen LogP contribution >= 0.6 is 0 Å². The zero-order valence-corrected chi connectivity index (χ0v) is 14.9. The van der Waals surface area contributed by atoms with Crippen molar-refractivity contribution in [3.63, 3.8) is 0 Å². The van der Waals surface area contributed by atoms with E-state index >= 15 is 0 Å². The molecule has 4 rings (SSSR count). The maximum atomic E-state index is 12.9. The summed E-state index contributed by atoms with van der Waals surface area (Å²) in [5.41, 5.74) is 2.54. The van der Waals surface area contributed by atoms with E-state index in [0.29, 0.717) is 11.2 Å². The normalized spacial score (nSPS) is 11.9. The predicted octanol–water partition coefficient (Wildman–Crippen LogP) is 2.44. The monoisotopic (exact) mass is 390 g/mol. The van der Waals surface area contributed by atoms with Gasteiger partial charge in [-0.1, -0.05) is 0 Å². The molecule has 0 spiro atoms. The van der Waals surface area contributed by atoms with E-state index in [-0.39, 0.29) is 16.8 Å². The lowest BCUT2D eigenvalue weighted by atomic mass is 10.1. The molecule has 0 radical (unpaired) electrons. The van der Waals surface area contributed by atoms with Crippen molar-refractivity contribution in [2.75, 3.05) is 0 Å². The number of halogens is 3. The number of benzene rings is 1. The van der Waals surface area contributed by atoms with Crippen molar-refractivity contribution < 1.29 is 22.6 Å². The van der Waals surface area contributed by atoms with E-state index < -0.39 is 6.36 Å². The van der Waals surface area contributed by atoms with Gasteiger partial charge in [-0.25, -0.2) is 4.98 Å². The molecular weight excluding hydrogens is 375 g/mol. The van der Waals surface area contributed by atoms with Crippen LogP contribution in [0.1, 0.15) is 0 Å².